The molecule has 0 aliphatic carbocycles. The molecule has 1 aliphatic heterocycles. The topological polar surface area (TPSA) is 50.2 Å². The van der Waals surface area contributed by atoms with Crippen molar-refractivity contribution in [3.05, 3.63) is 64.3 Å². The SMILES string of the molecule is CCC(c1nccc(=O)n1CCc1ccccc1)N1CCNCC1. The van der Waals surface area contributed by atoms with Crippen molar-refractivity contribution < 1.29 is 0 Å². The van der Waals surface area contributed by atoms with E-state index < -0.39 is 0 Å². The maximum Gasteiger partial charge on any atom is 0.253 e. The Hall–Kier alpha value is -1.98. The molecule has 3 rings (SSSR count). The van der Waals surface area contributed by atoms with E-state index in [0.717, 1.165) is 44.8 Å². The van der Waals surface area contributed by atoms with Gasteiger partial charge in [0.1, 0.15) is 5.82 Å². The summed E-state index contributed by atoms with van der Waals surface area (Å²) in [5, 5.41) is 3.39. The minimum absolute atomic E-state index is 0.0458. The van der Waals surface area contributed by atoms with Crippen LogP contribution in [-0.4, -0.2) is 40.6 Å². The van der Waals surface area contributed by atoms with Crippen LogP contribution in [0.4, 0.5) is 0 Å². The van der Waals surface area contributed by atoms with E-state index in [1.54, 1.807) is 12.3 Å². The zero-order valence-electron chi connectivity index (χ0n) is 14.3. The van der Waals surface area contributed by atoms with Crippen molar-refractivity contribution >= 4 is 0 Å². The first-order valence-electron chi connectivity index (χ1n) is 8.84. The number of hydrogen-bond acceptors (Lipinski definition) is 4. The third-order valence-electron chi connectivity index (χ3n) is 4.71. The van der Waals surface area contributed by atoms with Crippen LogP contribution in [0.2, 0.25) is 0 Å². The molecule has 5 nitrogen and oxygen atoms in total. The van der Waals surface area contributed by atoms with Crippen LogP contribution in [0.3, 0.4) is 0 Å². The van der Waals surface area contributed by atoms with E-state index in [-0.39, 0.29) is 11.6 Å². The lowest BCUT2D eigenvalue weighted by Gasteiger charge is -2.34. The van der Waals surface area contributed by atoms with E-state index in [2.05, 4.69) is 34.3 Å². The molecule has 24 heavy (non-hydrogen) atoms. The monoisotopic (exact) mass is 326 g/mol. The smallest absolute Gasteiger partial charge is 0.253 e. The molecule has 1 aromatic heterocycles. The summed E-state index contributed by atoms with van der Waals surface area (Å²) in [7, 11) is 0. The average molecular weight is 326 g/mol. The first kappa shape index (κ1) is 16.9. The van der Waals surface area contributed by atoms with Gasteiger partial charge in [0.25, 0.3) is 5.56 Å². The van der Waals surface area contributed by atoms with Gasteiger partial charge in [-0.15, -0.1) is 0 Å². The Morgan fingerprint density at radius 3 is 2.62 bits per heavy atom. The van der Waals surface area contributed by atoms with Gasteiger partial charge >= 0.3 is 0 Å². The summed E-state index contributed by atoms with van der Waals surface area (Å²) < 4.78 is 1.86. The van der Waals surface area contributed by atoms with Gasteiger partial charge in [0.15, 0.2) is 0 Å². The molecule has 1 fully saturated rings. The van der Waals surface area contributed by atoms with Crippen molar-refractivity contribution in [3.63, 3.8) is 0 Å². The predicted molar refractivity (Wildman–Crippen MR) is 96.1 cm³/mol. The van der Waals surface area contributed by atoms with Gasteiger partial charge in [0.2, 0.25) is 0 Å². The largest absolute Gasteiger partial charge is 0.314 e. The number of nitrogens with one attached hydrogen (secondary N) is 1. The molecule has 0 radical (unpaired) electrons. The van der Waals surface area contributed by atoms with Gasteiger partial charge < -0.3 is 5.32 Å². The molecular weight excluding hydrogens is 300 g/mol. The zero-order chi connectivity index (χ0) is 16.8. The minimum Gasteiger partial charge on any atom is -0.314 e. The highest BCUT2D eigenvalue weighted by atomic mass is 16.1. The number of nitrogens with zero attached hydrogens (tertiary/aromatic N) is 3. The highest BCUT2D eigenvalue weighted by Gasteiger charge is 2.24. The molecule has 0 spiro atoms. The maximum atomic E-state index is 12.5. The van der Waals surface area contributed by atoms with Gasteiger partial charge in [-0.1, -0.05) is 37.3 Å². The molecule has 1 saturated heterocycles. The standard InChI is InChI=1S/C19H26N4O/c1-2-17(22-14-11-20-12-15-22)19-21-10-8-18(24)23(19)13-9-16-6-4-3-5-7-16/h3-8,10,17,20H,2,9,11-15H2,1H3. The third kappa shape index (κ3) is 3.91. The van der Waals surface area contributed by atoms with Crippen molar-refractivity contribution in [3.8, 4) is 0 Å². The summed E-state index contributed by atoms with van der Waals surface area (Å²) in [5.41, 5.74) is 1.29. The maximum absolute atomic E-state index is 12.5. The van der Waals surface area contributed by atoms with E-state index in [0.29, 0.717) is 6.54 Å². The molecule has 2 heterocycles. The van der Waals surface area contributed by atoms with Crippen LogP contribution in [0.1, 0.15) is 30.8 Å². The average Bonchev–Trinajstić information content (AvgIpc) is 2.63. The Balaban J connectivity index is 1.84. The molecule has 0 amide bonds. The highest BCUT2D eigenvalue weighted by molar-refractivity contribution is 5.15. The number of piperazine rings is 1. The summed E-state index contributed by atoms with van der Waals surface area (Å²) in [6.07, 6.45) is 3.46. The second kappa shape index (κ2) is 8.22. The molecule has 5 heteroatoms. The van der Waals surface area contributed by atoms with Crippen LogP contribution in [0.5, 0.6) is 0 Å². The quantitative estimate of drug-likeness (QED) is 0.880. The lowest BCUT2D eigenvalue weighted by Crippen LogP contribution is -2.46. The van der Waals surface area contributed by atoms with E-state index in [1.807, 2.05) is 22.8 Å². The first-order chi connectivity index (χ1) is 11.8. The second-order valence-electron chi connectivity index (χ2n) is 6.24. The van der Waals surface area contributed by atoms with Crippen molar-refractivity contribution in [1.82, 2.24) is 19.8 Å². The van der Waals surface area contributed by atoms with Crippen molar-refractivity contribution in [1.29, 1.82) is 0 Å². The fourth-order valence-corrected chi connectivity index (χ4v) is 3.42. The Bertz CT molecular complexity index is 692. The molecule has 1 aliphatic rings. The van der Waals surface area contributed by atoms with Crippen LogP contribution in [0.25, 0.3) is 0 Å². The highest BCUT2D eigenvalue weighted by Crippen LogP contribution is 2.22. The number of aromatic nitrogens is 2. The van der Waals surface area contributed by atoms with Crippen LogP contribution < -0.4 is 10.9 Å². The van der Waals surface area contributed by atoms with Crippen molar-refractivity contribution in [2.45, 2.75) is 32.4 Å². The lowest BCUT2D eigenvalue weighted by atomic mass is 10.1. The summed E-state index contributed by atoms with van der Waals surface area (Å²) in [6.45, 7) is 6.85. The lowest BCUT2D eigenvalue weighted by molar-refractivity contribution is 0.158. The van der Waals surface area contributed by atoms with Crippen LogP contribution in [-0.2, 0) is 13.0 Å². The fraction of sp³-hybridized carbons (Fsp3) is 0.474. The van der Waals surface area contributed by atoms with Gasteiger partial charge in [0, 0.05) is 45.0 Å². The molecule has 1 aromatic carbocycles. The fourth-order valence-electron chi connectivity index (χ4n) is 3.42. The van der Waals surface area contributed by atoms with Gasteiger partial charge in [-0.05, 0) is 18.4 Å². The zero-order valence-corrected chi connectivity index (χ0v) is 14.3. The van der Waals surface area contributed by atoms with Gasteiger partial charge in [-0.3, -0.25) is 14.3 Å². The Labute approximate surface area is 143 Å². The molecule has 128 valence electrons. The normalized spacial score (nSPS) is 16.9. The molecule has 1 unspecified atom stereocenters. The van der Waals surface area contributed by atoms with Crippen LogP contribution >= 0.6 is 0 Å². The number of benzene rings is 1. The van der Waals surface area contributed by atoms with Crippen LogP contribution in [0, 0.1) is 0 Å². The molecule has 1 N–H and O–H groups in total. The molecule has 1 atom stereocenters. The van der Waals surface area contributed by atoms with E-state index >= 15 is 0 Å². The molecule has 0 saturated carbocycles. The summed E-state index contributed by atoms with van der Waals surface area (Å²) in [6, 6.07) is 12.1. The van der Waals surface area contributed by atoms with E-state index in [4.69, 9.17) is 0 Å². The first-order valence-corrected chi connectivity index (χ1v) is 8.84. The van der Waals surface area contributed by atoms with E-state index in [1.165, 1.54) is 5.56 Å². The predicted octanol–water partition coefficient (Wildman–Crippen LogP) is 1.84. The third-order valence-corrected chi connectivity index (χ3v) is 4.71. The number of hydrogen-bond donors (Lipinski definition) is 1. The van der Waals surface area contributed by atoms with Gasteiger partial charge in [-0.2, -0.15) is 0 Å². The Kier molecular flexibility index (Phi) is 5.77. The minimum atomic E-state index is 0.0458. The summed E-state index contributed by atoms with van der Waals surface area (Å²) in [5.74, 6) is 0.905. The Morgan fingerprint density at radius 2 is 1.92 bits per heavy atom. The second-order valence-corrected chi connectivity index (χ2v) is 6.24. The number of aryl methyl sites for hydroxylation is 1. The Morgan fingerprint density at radius 1 is 1.17 bits per heavy atom. The van der Waals surface area contributed by atoms with Crippen molar-refractivity contribution in [2.24, 2.45) is 0 Å². The molecule has 0 bridgehead atoms. The van der Waals surface area contributed by atoms with Gasteiger partial charge in [-0.25, -0.2) is 4.98 Å². The molecular formula is C19H26N4O. The van der Waals surface area contributed by atoms with Gasteiger partial charge in [0.05, 0.1) is 6.04 Å². The summed E-state index contributed by atoms with van der Waals surface area (Å²) >= 11 is 0. The number of rotatable bonds is 6. The summed E-state index contributed by atoms with van der Waals surface area (Å²) in [4.78, 5) is 19.5. The van der Waals surface area contributed by atoms with Crippen LogP contribution in [0.15, 0.2) is 47.4 Å². The molecule has 2 aromatic rings. The van der Waals surface area contributed by atoms with E-state index in [9.17, 15) is 4.79 Å². The van der Waals surface area contributed by atoms with Crippen molar-refractivity contribution in [2.75, 3.05) is 26.2 Å².